The third-order valence-corrected chi connectivity index (χ3v) is 6.26. The van der Waals surface area contributed by atoms with Crippen molar-refractivity contribution in [2.45, 2.75) is 19.6 Å². The van der Waals surface area contributed by atoms with Crippen molar-refractivity contribution in [1.29, 1.82) is 0 Å². The summed E-state index contributed by atoms with van der Waals surface area (Å²) in [5.41, 5.74) is 3.31. The fourth-order valence-corrected chi connectivity index (χ4v) is 4.38. The standard InChI is InChI=1S/C31H31NO6/c1-4-17-37-25-12-8-23(9-13-25)28-27(30(34)31(35)32(28)16-18-36-3)29(33)24-10-14-26(15-11-24)38-20-22-7-5-6-21(2)19-22/h4-15,19,28,33H,1,16-18,20H2,2-3H3/b29-27+/t28-/m1/s1. The van der Waals surface area contributed by atoms with Gasteiger partial charge in [0, 0.05) is 19.2 Å². The predicted molar refractivity (Wildman–Crippen MR) is 145 cm³/mol. The lowest BCUT2D eigenvalue weighted by Gasteiger charge is -2.25. The lowest BCUT2D eigenvalue weighted by molar-refractivity contribution is -0.140. The molecule has 7 heteroatoms. The number of benzene rings is 3. The van der Waals surface area contributed by atoms with E-state index in [9.17, 15) is 14.7 Å². The summed E-state index contributed by atoms with van der Waals surface area (Å²) >= 11 is 0. The molecule has 1 amide bonds. The Balaban J connectivity index is 1.63. The number of amides is 1. The molecule has 1 aliphatic heterocycles. The van der Waals surface area contributed by atoms with E-state index in [0.29, 0.717) is 35.8 Å². The van der Waals surface area contributed by atoms with Gasteiger partial charge in [-0.2, -0.15) is 0 Å². The number of rotatable bonds is 11. The fraction of sp³-hybridized carbons (Fsp3) is 0.226. The molecule has 1 N–H and O–H groups in total. The molecule has 38 heavy (non-hydrogen) atoms. The number of nitrogens with zero attached hydrogens (tertiary/aromatic N) is 1. The van der Waals surface area contributed by atoms with Crippen molar-refractivity contribution in [3.63, 3.8) is 0 Å². The van der Waals surface area contributed by atoms with E-state index in [1.807, 2.05) is 25.1 Å². The first-order valence-corrected chi connectivity index (χ1v) is 12.3. The zero-order valence-electron chi connectivity index (χ0n) is 21.6. The maximum atomic E-state index is 13.1. The zero-order chi connectivity index (χ0) is 27.1. The Morgan fingerprint density at radius 3 is 2.34 bits per heavy atom. The number of ether oxygens (including phenoxy) is 3. The largest absolute Gasteiger partial charge is 0.507 e. The number of likely N-dealkylation sites (tertiary alicyclic amines) is 1. The number of hydrogen-bond donors (Lipinski definition) is 1. The van der Waals surface area contributed by atoms with Gasteiger partial charge in [-0.1, -0.05) is 54.6 Å². The number of hydrogen-bond acceptors (Lipinski definition) is 6. The van der Waals surface area contributed by atoms with Crippen LogP contribution in [0, 0.1) is 6.92 Å². The summed E-state index contributed by atoms with van der Waals surface area (Å²) in [6.07, 6.45) is 1.65. The van der Waals surface area contributed by atoms with Crippen molar-refractivity contribution >= 4 is 17.4 Å². The van der Waals surface area contributed by atoms with E-state index >= 15 is 0 Å². The van der Waals surface area contributed by atoms with E-state index in [1.165, 1.54) is 12.0 Å². The van der Waals surface area contributed by atoms with Crippen LogP contribution < -0.4 is 9.47 Å². The molecule has 3 aromatic carbocycles. The molecular weight excluding hydrogens is 482 g/mol. The second-order valence-corrected chi connectivity index (χ2v) is 8.96. The molecule has 1 saturated heterocycles. The Labute approximate surface area is 222 Å². The second kappa shape index (κ2) is 12.3. The number of ketones is 1. The van der Waals surface area contributed by atoms with E-state index in [2.05, 4.69) is 12.6 Å². The number of carbonyl (C=O) groups excluding carboxylic acids is 2. The van der Waals surface area contributed by atoms with Crippen molar-refractivity contribution < 1.29 is 28.9 Å². The highest BCUT2D eigenvalue weighted by Gasteiger charge is 2.45. The molecule has 1 aliphatic rings. The van der Waals surface area contributed by atoms with E-state index in [-0.39, 0.29) is 24.5 Å². The molecule has 1 heterocycles. The Kier molecular flexibility index (Phi) is 8.61. The van der Waals surface area contributed by atoms with Gasteiger partial charge in [-0.3, -0.25) is 9.59 Å². The van der Waals surface area contributed by atoms with Crippen molar-refractivity contribution in [3.05, 3.63) is 113 Å². The van der Waals surface area contributed by atoms with Crippen LogP contribution in [0.1, 0.15) is 28.3 Å². The summed E-state index contributed by atoms with van der Waals surface area (Å²) in [6, 6.07) is 21.2. The van der Waals surface area contributed by atoms with E-state index in [1.54, 1.807) is 54.6 Å². The minimum atomic E-state index is -0.768. The average Bonchev–Trinajstić information content (AvgIpc) is 3.19. The predicted octanol–water partition coefficient (Wildman–Crippen LogP) is 5.21. The van der Waals surface area contributed by atoms with Crippen LogP contribution in [-0.2, 0) is 20.9 Å². The maximum absolute atomic E-state index is 13.1. The van der Waals surface area contributed by atoms with Gasteiger partial charge in [-0.05, 0) is 54.4 Å². The first-order valence-electron chi connectivity index (χ1n) is 12.3. The molecule has 4 rings (SSSR count). The van der Waals surface area contributed by atoms with E-state index in [4.69, 9.17) is 14.2 Å². The molecule has 3 aromatic rings. The molecule has 0 spiro atoms. The Morgan fingerprint density at radius 1 is 1.00 bits per heavy atom. The maximum Gasteiger partial charge on any atom is 0.295 e. The van der Waals surface area contributed by atoms with Crippen LogP contribution in [0.3, 0.4) is 0 Å². The van der Waals surface area contributed by atoms with Crippen molar-refractivity contribution in [2.75, 3.05) is 26.9 Å². The molecular formula is C31H31NO6. The third-order valence-electron chi connectivity index (χ3n) is 6.26. The molecule has 0 aromatic heterocycles. The van der Waals surface area contributed by atoms with Crippen molar-refractivity contribution in [1.82, 2.24) is 4.90 Å². The van der Waals surface area contributed by atoms with Crippen molar-refractivity contribution in [2.24, 2.45) is 0 Å². The average molecular weight is 514 g/mol. The van der Waals surface area contributed by atoms with Crippen LogP contribution >= 0.6 is 0 Å². The Hall–Kier alpha value is -4.36. The van der Waals surface area contributed by atoms with Crippen LogP contribution in [0.2, 0.25) is 0 Å². The van der Waals surface area contributed by atoms with Crippen LogP contribution in [0.5, 0.6) is 11.5 Å². The minimum absolute atomic E-state index is 0.0271. The smallest absolute Gasteiger partial charge is 0.295 e. The lowest BCUT2D eigenvalue weighted by Crippen LogP contribution is -2.32. The van der Waals surface area contributed by atoms with E-state index < -0.39 is 17.7 Å². The van der Waals surface area contributed by atoms with Gasteiger partial charge in [-0.15, -0.1) is 0 Å². The summed E-state index contributed by atoms with van der Waals surface area (Å²) in [5.74, 6) is -0.418. The van der Waals surface area contributed by atoms with Gasteiger partial charge < -0.3 is 24.2 Å². The van der Waals surface area contributed by atoms with E-state index in [0.717, 1.165) is 11.1 Å². The first-order chi connectivity index (χ1) is 18.4. The molecule has 1 atom stereocenters. The Bertz CT molecular complexity index is 1330. The lowest BCUT2D eigenvalue weighted by atomic mass is 9.95. The highest BCUT2D eigenvalue weighted by molar-refractivity contribution is 6.46. The summed E-state index contributed by atoms with van der Waals surface area (Å²) in [7, 11) is 1.53. The number of carbonyl (C=O) groups is 2. The van der Waals surface area contributed by atoms with Gasteiger partial charge in [0.1, 0.15) is 30.5 Å². The molecule has 0 aliphatic carbocycles. The molecule has 7 nitrogen and oxygen atoms in total. The molecule has 0 bridgehead atoms. The summed E-state index contributed by atoms with van der Waals surface area (Å²) in [4.78, 5) is 27.5. The normalized spacial score (nSPS) is 16.5. The van der Waals surface area contributed by atoms with Gasteiger partial charge in [0.25, 0.3) is 11.7 Å². The number of aryl methyl sites for hydroxylation is 1. The van der Waals surface area contributed by atoms with Gasteiger partial charge in [0.2, 0.25) is 0 Å². The van der Waals surface area contributed by atoms with Gasteiger partial charge in [-0.25, -0.2) is 0 Å². The molecule has 0 unspecified atom stereocenters. The summed E-state index contributed by atoms with van der Waals surface area (Å²) in [6.45, 7) is 6.88. The van der Waals surface area contributed by atoms with Crippen LogP contribution in [0.15, 0.2) is 91.0 Å². The quantitative estimate of drug-likeness (QED) is 0.164. The Morgan fingerprint density at radius 2 is 1.68 bits per heavy atom. The fourth-order valence-electron chi connectivity index (χ4n) is 4.38. The molecule has 196 valence electrons. The van der Waals surface area contributed by atoms with Crippen LogP contribution in [0.4, 0.5) is 0 Å². The number of aliphatic hydroxyl groups is 1. The molecule has 0 saturated carbocycles. The molecule has 0 radical (unpaired) electrons. The van der Waals surface area contributed by atoms with Gasteiger partial charge >= 0.3 is 0 Å². The number of Topliss-reactive ketones (excluding diaryl/α,β-unsaturated/α-hetero) is 1. The number of methoxy groups -OCH3 is 1. The summed E-state index contributed by atoms with van der Waals surface area (Å²) in [5, 5.41) is 11.3. The van der Waals surface area contributed by atoms with Crippen molar-refractivity contribution in [3.8, 4) is 11.5 Å². The second-order valence-electron chi connectivity index (χ2n) is 8.96. The third kappa shape index (κ3) is 5.95. The SMILES string of the molecule is C=CCOc1ccc([C@@H]2/C(=C(\O)c3ccc(OCc4cccc(C)c4)cc3)C(=O)C(=O)N2CCOC)cc1. The molecule has 1 fully saturated rings. The van der Waals surface area contributed by atoms with Gasteiger partial charge in [0.15, 0.2) is 0 Å². The first kappa shape index (κ1) is 26.7. The van der Waals surface area contributed by atoms with Crippen LogP contribution in [0.25, 0.3) is 5.76 Å². The van der Waals surface area contributed by atoms with Crippen LogP contribution in [-0.4, -0.2) is 48.6 Å². The zero-order valence-corrected chi connectivity index (χ0v) is 21.6. The highest BCUT2D eigenvalue weighted by atomic mass is 16.5. The topological polar surface area (TPSA) is 85.3 Å². The number of aliphatic hydroxyl groups excluding tert-OH is 1. The highest BCUT2D eigenvalue weighted by Crippen LogP contribution is 2.39. The van der Waals surface area contributed by atoms with Gasteiger partial charge in [0.05, 0.1) is 18.2 Å². The summed E-state index contributed by atoms with van der Waals surface area (Å²) < 4.78 is 16.6. The minimum Gasteiger partial charge on any atom is -0.507 e. The monoisotopic (exact) mass is 513 g/mol.